The fourth-order valence-electron chi connectivity index (χ4n) is 1.13. The molecule has 0 unspecified atom stereocenters. The summed E-state index contributed by atoms with van der Waals surface area (Å²) in [5.41, 5.74) is -1.59. The number of hydrogen-bond donors (Lipinski definition) is 0. The predicted molar refractivity (Wildman–Crippen MR) is 56.0 cm³/mol. The highest BCUT2D eigenvalue weighted by molar-refractivity contribution is 7.90. The van der Waals surface area contributed by atoms with Gasteiger partial charge in [0, 0.05) is 5.38 Å². The summed E-state index contributed by atoms with van der Waals surface area (Å²) < 4.78 is 67.4. The molecule has 0 radical (unpaired) electrons. The van der Waals surface area contributed by atoms with E-state index >= 15 is 0 Å². The molecule has 11 heteroatoms. The van der Waals surface area contributed by atoms with Crippen molar-refractivity contribution in [2.24, 2.45) is 4.40 Å². The molecule has 0 saturated carbocycles. The summed E-state index contributed by atoms with van der Waals surface area (Å²) in [4.78, 5) is 19.0. The molecule has 0 amide bonds. The van der Waals surface area contributed by atoms with Crippen molar-refractivity contribution < 1.29 is 35.9 Å². The molecular formula is C8H4F3NO5S2. The van der Waals surface area contributed by atoms with Gasteiger partial charge in [-0.05, 0) is 0 Å². The number of alkyl halides is 3. The average Bonchev–Trinajstić information content (AvgIpc) is 2.72. The van der Waals surface area contributed by atoms with Crippen molar-refractivity contribution in [1.29, 1.82) is 0 Å². The Bertz CT molecular complexity index is 654. The van der Waals surface area contributed by atoms with Crippen LogP contribution < -0.4 is 0 Å². The van der Waals surface area contributed by atoms with Gasteiger partial charge in [0.2, 0.25) is 0 Å². The van der Waals surface area contributed by atoms with Gasteiger partial charge in [-0.25, -0.2) is 9.59 Å². The number of sulfonamides is 1. The Morgan fingerprint density at radius 3 is 2.47 bits per heavy atom. The number of carbonyl (C=O) groups excluding carboxylic acids is 2. The number of isocyanates is 1. The van der Waals surface area contributed by atoms with Crippen LogP contribution in [0.25, 0.3) is 0 Å². The lowest BCUT2D eigenvalue weighted by Gasteiger charge is -2.07. The van der Waals surface area contributed by atoms with Gasteiger partial charge in [0.15, 0.2) is 0 Å². The van der Waals surface area contributed by atoms with Gasteiger partial charge in [0.05, 0.1) is 12.7 Å². The monoisotopic (exact) mass is 315 g/mol. The largest absolute Gasteiger partial charge is 0.465 e. The second-order valence-electron chi connectivity index (χ2n) is 2.95. The van der Waals surface area contributed by atoms with Gasteiger partial charge in [-0.2, -0.15) is 21.6 Å². The van der Waals surface area contributed by atoms with Crippen LogP contribution in [0.5, 0.6) is 0 Å². The molecule has 0 N–H and O–H groups in total. The summed E-state index contributed by atoms with van der Waals surface area (Å²) in [5, 5.41) is 0.430. The highest BCUT2D eigenvalue weighted by atomic mass is 32.2. The third-order valence-electron chi connectivity index (χ3n) is 1.84. The molecule has 0 bridgehead atoms. The van der Waals surface area contributed by atoms with E-state index in [-0.39, 0.29) is 11.3 Å². The standard InChI is InChI=1S/C8H4F3NO5S2/c1-17-7(14)5-6(19(15,16)12-3-13)4(2-18-5)8(9,10)11/h2H,1H3. The number of carbonyl (C=O) groups is 1. The number of rotatable bonds is 3. The lowest BCUT2D eigenvalue weighted by Crippen LogP contribution is -2.13. The topological polar surface area (TPSA) is 89.9 Å². The number of methoxy groups -OCH3 is 1. The minimum absolute atomic E-state index is 0.225. The van der Waals surface area contributed by atoms with Gasteiger partial charge < -0.3 is 4.74 Å². The maximum Gasteiger partial charge on any atom is 0.418 e. The summed E-state index contributed by atoms with van der Waals surface area (Å²) >= 11 is 0.225. The number of thiophene rings is 1. The molecule has 1 aromatic rings. The van der Waals surface area contributed by atoms with E-state index in [1.807, 2.05) is 0 Å². The molecule has 0 aliphatic heterocycles. The predicted octanol–water partition coefficient (Wildman–Crippen LogP) is 1.58. The first-order chi connectivity index (χ1) is 8.65. The van der Waals surface area contributed by atoms with Gasteiger partial charge in [-0.3, -0.25) is 0 Å². The first-order valence-electron chi connectivity index (χ1n) is 4.26. The molecule has 1 heterocycles. The van der Waals surface area contributed by atoms with Crippen LogP contribution in [-0.2, 0) is 25.7 Å². The third-order valence-corrected chi connectivity index (χ3v) is 4.18. The van der Waals surface area contributed by atoms with Crippen molar-refractivity contribution >= 4 is 33.4 Å². The zero-order chi connectivity index (χ0) is 14.8. The number of nitrogens with zero attached hydrogens (tertiary/aromatic N) is 1. The Hall–Kier alpha value is -1.71. The molecule has 0 saturated heterocycles. The van der Waals surface area contributed by atoms with E-state index in [4.69, 9.17) is 0 Å². The molecule has 19 heavy (non-hydrogen) atoms. The van der Waals surface area contributed by atoms with Gasteiger partial charge >= 0.3 is 12.1 Å². The minimum atomic E-state index is -5.02. The summed E-state index contributed by atoms with van der Waals surface area (Å²) in [6, 6.07) is 0. The Balaban J connectivity index is 3.70. The van der Waals surface area contributed by atoms with E-state index in [1.54, 1.807) is 0 Å². The van der Waals surface area contributed by atoms with E-state index in [0.717, 1.165) is 7.11 Å². The van der Waals surface area contributed by atoms with Crippen LogP contribution in [0.2, 0.25) is 0 Å². The Morgan fingerprint density at radius 1 is 1.47 bits per heavy atom. The number of esters is 1. The summed E-state index contributed by atoms with van der Waals surface area (Å²) in [7, 11) is -4.11. The van der Waals surface area contributed by atoms with Crippen LogP contribution in [0.1, 0.15) is 15.2 Å². The molecule has 0 spiro atoms. The van der Waals surface area contributed by atoms with Crippen LogP contribution in [0, 0.1) is 0 Å². The van der Waals surface area contributed by atoms with Crippen molar-refractivity contribution in [3.05, 3.63) is 15.8 Å². The first-order valence-corrected chi connectivity index (χ1v) is 6.58. The number of halogens is 3. The second-order valence-corrected chi connectivity index (χ2v) is 5.38. The van der Waals surface area contributed by atoms with Crippen LogP contribution >= 0.6 is 11.3 Å². The van der Waals surface area contributed by atoms with Crippen molar-refractivity contribution in [3.8, 4) is 0 Å². The highest BCUT2D eigenvalue weighted by Crippen LogP contribution is 2.40. The number of hydrogen-bond acceptors (Lipinski definition) is 6. The van der Waals surface area contributed by atoms with Crippen molar-refractivity contribution in [1.82, 2.24) is 0 Å². The van der Waals surface area contributed by atoms with E-state index in [0.29, 0.717) is 11.5 Å². The SMILES string of the molecule is COC(=O)c1scc(C(F)(F)F)c1S(=O)(=O)N=C=O. The van der Waals surface area contributed by atoms with Crippen LogP contribution in [0.4, 0.5) is 13.2 Å². The van der Waals surface area contributed by atoms with Crippen molar-refractivity contribution in [2.45, 2.75) is 11.1 Å². The zero-order valence-electron chi connectivity index (χ0n) is 9.02. The molecule has 1 rings (SSSR count). The third kappa shape index (κ3) is 3.00. The smallest absolute Gasteiger partial charge is 0.418 e. The molecular weight excluding hydrogens is 311 g/mol. The Kier molecular flexibility index (Phi) is 4.13. The average molecular weight is 315 g/mol. The van der Waals surface area contributed by atoms with Gasteiger partial charge in [-0.15, -0.1) is 11.3 Å². The molecule has 6 nitrogen and oxygen atoms in total. The summed E-state index contributed by atoms with van der Waals surface area (Å²) in [5.74, 6) is -1.28. The first kappa shape index (κ1) is 15.3. The van der Waals surface area contributed by atoms with Crippen LogP contribution in [0.15, 0.2) is 14.7 Å². The quantitative estimate of drug-likeness (QED) is 0.480. The minimum Gasteiger partial charge on any atom is -0.465 e. The van der Waals surface area contributed by atoms with Crippen molar-refractivity contribution in [2.75, 3.05) is 7.11 Å². The fraction of sp³-hybridized carbons (Fsp3) is 0.250. The van der Waals surface area contributed by atoms with E-state index < -0.39 is 37.5 Å². The summed E-state index contributed by atoms with van der Waals surface area (Å²) in [6.45, 7) is 0. The van der Waals surface area contributed by atoms with E-state index in [2.05, 4.69) is 9.13 Å². The second kappa shape index (κ2) is 5.11. The van der Waals surface area contributed by atoms with E-state index in [9.17, 15) is 31.2 Å². The van der Waals surface area contributed by atoms with Crippen molar-refractivity contribution in [3.63, 3.8) is 0 Å². The maximum absolute atomic E-state index is 12.6. The Labute approximate surface area is 108 Å². The highest BCUT2D eigenvalue weighted by Gasteiger charge is 2.42. The molecule has 0 aromatic carbocycles. The van der Waals surface area contributed by atoms with Crippen LogP contribution in [-0.4, -0.2) is 27.6 Å². The molecule has 0 atom stereocenters. The van der Waals surface area contributed by atoms with Gasteiger partial charge in [-0.1, -0.05) is 4.40 Å². The molecule has 1 aromatic heterocycles. The molecule has 0 aliphatic rings. The summed E-state index contributed by atoms with van der Waals surface area (Å²) in [6.07, 6.45) is -4.39. The lowest BCUT2D eigenvalue weighted by molar-refractivity contribution is -0.139. The molecule has 0 fully saturated rings. The normalized spacial score (nSPS) is 11.8. The Morgan fingerprint density at radius 2 is 2.05 bits per heavy atom. The number of ether oxygens (including phenoxy) is 1. The van der Waals surface area contributed by atoms with E-state index in [1.165, 1.54) is 0 Å². The zero-order valence-corrected chi connectivity index (χ0v) is 10.6. The molecule has 0 aliphatic carbocycles. The van der Waals surface area contributed by atoms with Crippen LogP contribution in [0.3, 0.4) is 0 Å². The lowest BCUT2D eigenvalue weighted by atomic mass is 10.3. The fourth-order valence-corrected chi connectivity index (χ4v) is 3.51. The van der Waals surface area contributed by atoms with Gasteiger partial charge in [0.25, 0.3) is 16.1 Å². The maximum atomic E-state index is 12.6. The molecule has 104 valence electrons. The van der Waals surface area contributed by atoms with Gasteiger partial charge in [0.1, 0.15) is 9.77 Å².